The topological polar surface area (TPSA) is 64.4 Å². The van der Waals surface area contributed by atoms with Crippen LogP contribution in [-0.2, 0) is 29.4 Å². The van der Waals surface area contributed by atoms with E-state index in [9.17, 15) is 13.7 Å². The number of sulfonamides is 1. The molecule has 0 saturated carbocycles. The molecule has 6 heteroatoms. The maximum atomic E-state index is 13.0. The van der Waals surface area contributed by atoms with Crippen molar-refractivity contribution in [1.29, 1.82) is 5.26 Å². The van der Waals surface area contributed by atoms with Gasteiger partial charge in [-0.3, -0.25) is 4.90 Å². The molecule has 1 saturated heterocycles. The lowest BCUT2D eigenvalue weighted by molar-refractivity contribution is 0.181. The summed E-state index contributed by atoms with van der Waals surface area (Å²) in [4.78, 5) is 2.64. The van der Waals surface area contributed by atoms with E-state index in [-0.39, 0.29) is 0 Å². The first-order valence-electron chi connectivity index (χ1n) is 9.40. The maximum Gasteiger partial charge on any atom is 0.243 e. The Morgan fingerprint density at radius 3 is 2.48 bits per heavy atom. The van der Waals surface area contributed by atoms with E-state index in [1.54, 1.807) is 10.4 Å². The van der Waals surface area contributed by atoms with Gasteiger partial charge in [-0.2, -0.15) is 9.57 Å². The smallest absolute Gasteiger partial charge is 0.243 e. The van der Waals surface area contributed by atoms with E-state index in [2.05, 4.69) is 11.0 Å². The number of fused-ring (bicyclic) bond motifs is 1. The molecule has 1 fully saturated rings. The maximum absolute atomic E-state index is 13.0. The largest absolute Gasteiger partial charge is 0.296 e. The van der Waals surface area contributed by atoms with Gasteiger partial charge < -0.3 is 0 Å². The Morgan fingerprint density at radius 2 is 1.70 bits per heavy atom. The van der Waals surface area contributed by atoms with Gasteiger partial charge in [0.05, 0.1) is 16.5 Å². The van der Waals surface area contributed by atoms with Gasteiger partial charge in [0.15, 0.2) is 0 Å². The van der Waals surface area contributed by atoms with Crippen molar-refractivity contribution in [3.63, 3.8) is 0 Å². The average Bonchev–Trinajstić information content (AvgIpc) is 3.17. The van der Waals surface area contributed by atoms with Crippen LogP contribution in [0.25, 0.3) is 0 Å². The van der Waals surface area contributed by atoms with Crippen molar-refractivity contribution in [3.8, 4) is 6.07 Å². The molecule has 0 N–H and O–H groups in total. The van der Waals surface area contributed by atoms with Gasteiger partial charge in [-0.15, -0.1) is 0 Å². The number of benzene rings is 2. The first kappa shape index (κ1) is 18.2. The van der Waals surface area contributed by atoms with Crippen LogP contribution >= 0.6 is 0 Å². The number of nitriles is 1. The third-order valence-electron chi connectivity index (χ3n) is 5.57. The molecule has 4 rings (SSSR count). The van der Waals surface area contributed by atoms with E-state index >= 15 is 0 Å². The second-order valence-electron chi connectivity index (χ2n) is 7.23. The van der Waals surface area contributed by atoms with Crippen molar-refractivity contribution in [1.82, 2.24) is 9.21 Å². The first-order valence-corrected chi connectivity index (χ1v) is 10.8. The Morgan fingerprint density at radius 1 is 0.963 bits per heavy atom. The number of aryl methyl sites for hydroxylation is 2. The van der Waals surface area contributed by atoms with Gasteiger partial charge in [0.1, 0.15) is 0 Å². The molecule has 2 aliphatic rings. The molecule has 5 nitrogen and oxygen atoms in total. The molecule has 0 radical (unpaired) electrons. The highest BCUT2D eigenvalue weighted by Crippen LogP contribution is 2.27. The average molecular weight is 382 g/mol. The molecule has 0 amide bonds. The van der Waals surface area contributed by atoms with Crippen molar-refractivity contribution in [2.24, 2.45) is 0 Å². The molecular formula is C21H23N3O2S. The zero-order valence-electron chi connectivity index (χ0n) is 15.3. The normalized spacial score (nSPS) is 18.2. The van der Waals surface area contributed by atoms with Crippen LogP contribution in [0.2, 0.25) is 0 Å². The number of nitrogens with zero attached hydrogens (tertiary/aromatic N) is 3. The number of piperazine rings is 1. The minimum atomic E-state index is -3.44. The van der Waals surface area contributed by atoms with Gasteiger partial charge >= 0.3 is 0 Å². The second-order valence-corrected chi connectivity index (χ2v) is 9.17. The van der Waals surface area contributed by atoms with Crippen LogP contribution in [0, 0.1) is 11.3 Å². The number of hydrogen-bond donors (Lipinski definition) is 0. The van der Waals surface area contributed by atoms with Gasteiger partial charge in [0.2, 0.25) is 10.0 Å². The first-order chi connectivity index (χ1) is 13.1. The Hall–Kier alpha value is -2.20. The van der Waals surface area contributed by atoms with E-state index in [0.29, 0.717) is 43.2 Å². The predicted octanol–water partition coefficient (Wildman–Crippen LogP) is 2.55. The molecule has 1 aliphatic heterocycles. The summed E-state index contributed by atoms with van der Waals surface area (Å²) < 4.78 is 27.6. The Kier molecular flexibility index (Phi) is 5.00. The minimum Gasteiger partial charge on any atom is -0.296 e. The van der Waals surface area contributed by atoms with Gasteiger partial charge in [0.25, 0.3) is 0 Å². The monoisotopic (exact) mass is 381 g/mol. The van der Waals surface area contributed by atoms with Crippen molar-refractivity contribution in [2.45, 2.75) is 30.7 Å². The second kappa shape index (κ2) is 7.43. The Balaban J connectivity index is 1.43. The molecular weight excluding hydrogens is 358 g/mol. The van der Waals surface area contributed by atoms with E-state index in [0.717, 1.165) is 24.8 Å². The fraction of sp³-hybridized carbons (Fsp3) is 0.381. The fourth-order valence-electron chi connectivity index (χ4n) is 3.99. The molecule has 2 aromatic rings. The van der Waals surface area contributed by atoms with Gasteiger partial charge in [-0.05, 0) is 54.2 Å². The molecule has 1 aliphatic carbocycles. The highest BCUT2D eigenvalue weighted by atomic mass is 32.2. The van der Waals surface area contributed by atoms with E-state index < -0.39 is 10.0 Å². The molecule has 0 atom stereocenters. The van der Waals surface area contributed by atoms with Crippen LogP contribution in [0.15, 0.2) is 47.4 Å². The van der Waals surface area contributed by atoms with Crippen LogP contribution in [0.5, 0.6) is 0 Å². The third kappa shape index (κ3) is 3.63. The highest BCUT2D eigenvalue weighted by Gasteiger charge is 2.29. The summed E-state index contributed by atoms with van der Waals surface area (Å²) in [6, 6.07) is 15.4. The summed E-state index contributed by atoms with van der Waals surface area (Å²) in [6.45, 7) is 2.98. The van der Waals surface area contributed by atoms with Crippen molar-refractivity contribution < 1.29 is 8.42 Å². The van der Waals surface area contributed by atoms with Crippen LogP contribution in [0.3, 0.4) is 0 Å². The lowest BCUT2D eigenvalue weighted by atomic mass is 10.1. The summed E-state index contributed by atoms with van der Waals surface area (Å²) in [7, 11) is -3.44. The summed E-state index contributed by atoms with van der Waals surface area (Å²) in [5.41, 5.74) is 4.15. The highest BCUT2D eigenvalue weighted by molar-refractivity contribution is 7.89. The lowest BCUT2D eigenvalue weighted by Crippen LogP contribution is -2.48. The Bertz CT molecular complexity index is 987. The summed E-state index contributed by atoms with van der Waals surface area (Å²) in [5, 5.41) is 9.23. The quantitative estimate of drug-likeness (QED) is 0.816. The number of hydrogen-bond acceptors (Lipinski definition) is 4. The van der Waals surface area contributed by atoms with Crippen molar-refractivity contribution >= 4 is 10.0 Å². The molecule has 27 heavy (non-hydrogen) atoms. The molecule has 0 unspecified atom stereocenters. The molecule has 2 aromatic carbocycles. The third-order valence-corrected chi connectivity index (χ3v) is 7.47. The number of rotatable bonds is 4. The zero-order valence-corrected chi connectivity index (χ0v) is 16.1. The Labute approximate surface area is 160 Å². The van der Waals surface area contributed by atoms with Crippen molar-refractivity contribution in [3.05, 3.63) is 64.7 Å². The zero-order chi connectivity index (χ0) is 18.9. The fourth-order valence-corrected chi connectivity index (χ4v) is 5.47. The van der Waals surface area contributed by atoms with E-state index in [1.165, 1.54) is 11.1 Å². The standard InChI is InChI=1S/C21H23N3O2S/c22-15-19-4-1-2-5-20(19)16-23-10-12-24(13-11-23)27(25,26)21-9-8-17-6-3-7-18(17)14-21/h1-2,4-5,8-9,14H,3,6-7,10-13,16H2. The van der Waals surface area contributed by atoms with E-state index in [1.807, 2.05) is 36.4 Å². The molecule has 0 aromatic heterocycles. The molecule has 140 valence electrons. The summed E-state index contributed by atoms with van der Waals surface area (Å²) >= 11 is 0. The SMILES string of the molecule is N#Cc1ccccc1CN1CCN(S(=O)(=O)c2ccc3c(c2)CCC3)CC1. The molecule has 0 spiro atoms. The summed E-state index contributed by atoms with van der Waals surface area (Å²) in [6.07, 6.45) is 3.14. The van der Waals surface area contributed by atoms with Crippen LogP contribution in [-0.4, -0.2) is 43.8 Å². The van der Waals surface area contributed by atoms with Gasteiger partial charge in [-0.1, -0.05) is 24.3 Å². The molecule has 0 bridgehead atoms. The minimum absolute atomic E-state index is 0.423. The van der Waals surface area contributed by atoms with Crippen LogP contribution in [0.4, 0.5) is 0 Å². The van der Waals surface area contributed by atoms with Crippen molar-refractivity contribution in [2.75, 3.05) is 26.2 Å². The van der Waals surface area contributed by atoms with E-state index in [4.69, 9.17) is 0 Å². The predicted molar refractivity (Wildman–Crippen MR) is 104 cm³/mol. The van der Waals surface area contributed by atoms with Gasteiger partial charge in [-0.25, -0.2) is 8.42 Å². The summed E-state index contributed by atoms with van der Waals surface area (Å²) in [5.74, 6) is 0. The van der Waals surface area contributed by atoms with Gasteiger partial charge in [0, 0.05) is 32.7 Å². The van der Waals surface area contributed by atoms with Crippen LogP contribution in [0.1, 0.15) is 28.7 Å². The molecule has 1 heterocycles. The van der Waals surface area contributed by atoms with Crippen LogP contribution < -0.4 is 0 Å². The lowest BCUT2D eigenvalue weighted by Gasteiger charge is -2.34.